The Hall–Kier alpha value is -3.32. The highest BCUT2D eigenvalue weighted by Crippen LogP contribution is 2.29. The van der Waals surface area contributed by atoms with Gasteiger partial charge in [-0.15, -0.1) is 0 Å². The van der Waals surface area contributed by atoms with Crippen LogP contribution in [0.1, 0.15) is 5.69 Å². The zero-order valence-corrected chi connectivity index (χ0v) is 15.0. The topological polar surface area (TPSA) is 100 Å². The molecule has 2 heterocycles. The monoisotopic (exact) mass is 365 g/mol. The van der Waals surface area contributed by atoms with Crippen molar-refractivity contribution in [1.82, 2.24) is 15.0 Å². The number of nitrogens with zero attached hydrogens (tertiary/aromatic N) is 1. The maximum Gasteiger partial charge on any atom is 0.262 e. The fourth-order valence-corrected chi connectivity index (χ4v) is 3.22. The molecule has 7 heteroatoms. The molecule has 4 rings (SSSR count). The Morgan fingerprint density at radius 1 is 1.07 bits per heavy atom. The van der Waals surface area contributed by atoms with Gasteiger partial charge in [0, 0.05) is 41.9 Å². The Labute approximate surface area is 154 Å². The Kier molecular flexibility index (Phi) is 4.29. The molecular weight excluding hydrogens is 346 g/mol. The quantitative estimate of drug-likeness (QED) is 0.505. The predicted octanol–water partition coefficient (Wildman–Crippen LogP) is 2.62. The molecule has 0 unspecified atom stereocenters. The highest BCUT2D eigenvalue weighted by atomic mass is 16.5. The minimum Gasteiger partial charge on any atom is -0.497 e. The van der Waals surface area contributed by atoms with Crippen LogP contribution in [0.3, 0.4) is 0 Å². The summed E-state index contributed by atoms with van der Waals surface area (Å²) >= 11 is 0. The number of H-pyrrole nitrogens is 2. The molecule has 0 aliphatic rings. The molecule has 0 saturated carbocycles. The van der Waals surface area contributed by atoms with E-state index < -0.39 is 0 Å². The number of rotatable bonds is 5. The van der Waals surface area contributed by atoms with Crippen LogP contribution < -0.4 is 15.0 Å². The van der Waals surface area contributed by atoms with Crippen molar-refractivity contribution < 1.29 is 14.6 Å². The van der Waals surface area contributed by atoms with Crippen molar-refractivity contribution in [3.8, 4) is 22.9 Å². The number of aromatic nitrogens is 3. The summed E-state index contributed by atoms with van der Waals surface area (Å²) in [6, 6.07) is 11.2. The average molecular weight is 365 g/mol. The number of benzene rings is 2. The van der Waals surface area contributed by atoms with Gasteiger partial charge in [0.25, 0.3) is 5.56 Å². The average Bonchev–Trinajstić information content (AvgIpc) is 3.08. The second kappa shape index (κ2) is 6.77. The van der Waals surface area contributed by atoms with Crippen molar-refractivity contribution in [1.29, 1.82) is 0 Å². The molecule has 2 aromatic heterocycles. The second-order valence-corrected chi connectivity index (χ2v) is 6.21. The van der Waals surface area contributed by atoms with Crippen molar-refractivity contribution in [2.24, 2.45) is 0 Å². The van der Waals surface area contributed by atoms with Gasteiger partial charge >= 0.3 is 0 Å². The van der Waals surface area contributed by atoms with Crippen molar-refractivity contribution >= 4 is 21.8 Å². The Bertz CT molecular complexity index is 1190. The molecule has 0 saturated heterocycles. The molecule has 4 aromatic rings. The third kappa shape index (κ3) is 3.02. The number of fused-ring (bicyclic) bond motifs is 2. The first-order valence-electron chi connectivity index (χ1n) is 8.52. The molecule has 2 aromatic carbocycles. The second-order valence-electron chi connectivity index (χ2n) is 6.21. The van der Waals surface area contributed by atoms with Crippen LogP contribution in [-0.2, 0) is 6.42 Å². The maximum absolute atomic E-state index is 12.7. The third-order valence-electron chi connectivity index (χ3n) is 4.53. The standard InChI is InChI=1S/C20H19N3O4/c1-26-14-9-16-18(17(10-14)27-2)20(25)23-19(22-16)12-4-3-11-7-13(5-6-24)21-15(11)8-12/h3-4,7-10,21,24H,5-6H2,1-2H3,(H,22,23,25). The van der Waals surface area contributed by atoms with E-state index in [1.54, 1.807) is 19.2 Å². The van der Waals surface area contributed by atoms with Crippen LogP contribution >= 0.6 is 0 Å². The van der Waals surface area contributed by atoms with E-state index in [0.717, 1.165) is 22.2 Å². The van der Waals surface area contributed by atoms with Crippen molar-refractivity contribution in [3.05, 3.63) is 52.4 Å². The van der Waals surface area contributed by atoms with Gasteiger partial charge in [0.1, 0.15) is 22.7 Å². The summed E-state index contributed by atoms with van der Waals surface area (Å²) in [5, 5.41) is 10.5. The minimum atomic E-state index is -0.276. The first-order chi connectivity index (χ1) is 13.1. The predicted molar refractivity (Wildman–Crippen MR) is 104 cm³/mol. The van der Waals surface area contributed by atoms with Gasteiger partial charge in [-0.05, 0) is 17.5 Å². The molecule has 3 N–H and O–H groups in total. The van der Waals surface area contributed by atoms with E-state index in [0.29, 0.717) is 34.6 Å². The lowest BCUT2D eigenvalue weighted by atomic mass is 10.1. The molecule has 0 aliphatic heterocycles. The van der Waals surface area contributed by atoms with E-state index in [4.69, 9.17) is 14.6 Å². The van der Waals surface area contributed by atoms with Crippen LogP contribution in [0.25, 0.3) is 33.2 Å². The molecule has 0 atom stereocenters. The molecular formula is C20H19N3O4. The lowest BCUT2D eigenvalue weighted by molar-refractivity contribution is 0.298. The fraction of sp³-hybridized carbons (Fsp3) is 0.200. The molecule has 138 valence electrons. The van der Waals surface area contributed by atoms with Crippen LogP contribution in [-0.4, -0.2) is 40.9 Å². The van der Waals surface area contributed by atoms with E-state index in [1.165, 1.54) is 7.11 Å². The zero-order valence-electron chi connectivity index (χ0n) is 15.0. The summed E-state index contributed by atoms with van der Waals surface area (Å²) in [5.74, 6) is 1.44. The van der Waals surface area contributed by atoms with E-state index in [-0.39, 0.29) is 12.2 Å². The lowest BCUT2D eigenvalue weighted by Crippen LogP contribution is -2.11. The summed E-state index contributed by atoms with van der Waals surface area (Å²) in [6.45, 7) is 0.0862. The lowest BCUT2D eigenvalue weighted by Gasteiger charge is -2.09. The van der Waals surface area contributed by atoms with Crippen molar-refractivity contribution in [2.75, 3.05) is 20.8 Å². The van der Waals surface area contributed by atoms with Crippen LogP contribution in [0.15, 0.2) is 41.2 Å². The van der Waals surface area contributed by atoms with E-state index in [9.17, 15) is 4.79 Å². The number of nitrogens with one attached hydrogen (secondary N) is 2. The highest BCUT2D eigenvalue weighted by Gasteiger charge is 2.13. The Morgan fingerprint density at radius 3 is 2.67 bits per heavy atom. The van der Waals surface area contributed by atoms with E-state index >= 15 is 0 Å². The number of aromatic amines is 2. The number of hydrogen-bond acceptors (Lipinski definition) is 5. The maximum atomic E-state index is 12.7. The smallest absolute Gasteiger partial charge is 0.262 e. The van der Waals surface area contributed by atoms with E-state index in [1.807, 2.05) is 24.3 Å². The van der Waals surface area contributed by atoms with Crippen LogP contribution in [0.2, 0.25) is 0 Å². The zero-order chi connectivity index (χ0) is 19.0. The van der Waals surface area contributed by atoms with Gasteiger partial charge in [0.15, 0.2) is 0 Å². The van der Waals surface area contributed by atoms with Gasteiger partial charge < -0.3 is 24.5 Å². The van der Waals surface area contributed by atoms with Crippen molar-refractivity contribution in [2.45, 2.75) is 6.42 Å². The summed E-state index contributed by atoms with van der Waals surface area (Å²) < 4.78 is 10.6. The van der Waals surface area contributed by atoms with Crippen LogP contribution in [0, 0.1) is 0 Å². The number of aliphatic hydroxyl groups excluding tert-OH is 1. The number of aliphatic hydroxyl groups is 1. The summed E-state index contributed by atoms with van der Waals surface area (Å²) in [7, 11) is 3.06. The van der Waals surface area contributed by atoms with Gasteiger partial charge in [0.2, 0.25) is 0 Å². The molecule has 0 radical (unpaired) electrons. The Balaban J connectivity index is 1.88. The van der Waals surface area contributed by atoms with Gasteiger partial charge in [-0.25, -0.2) is 4.98 Å². The molecule has 0 bridgehead atoms. The Morgan fingerprint density at radius 2 is 1.93 bits per heavy atom. The fourth-order valence-electron chi connectivity index (χ4n) is 3.22. The third-order valence-corrected chi connectivity index (χ3v) is 4.53. The number of methoxy groups -OCH3 is 2. The molecule has 0 aliphatic carbocycles. The SMILES string of the molecule is COc1cc(OC)c2c(=O)[nH]c(-c3ccc4cc(CCO)[nH]c4c3)nc2c1. The van der Waals surface area contributed by atoms with Crippen molar-refractivity contribution in [3.63, 3.8) is 0 Å². The normalized spacial score (nSPS) is 11.2. The highest BCUT2D eigenvalue weighted by molar-refractivity contribution is 5.88. The minimum absolute atomic E-state index is 0.0862. The number of ether oxygens (including phenoxy) is 2. The van der Waals surface area contributed by atoms with Gasteiger partial charge in [-0.3, -0.25) is 4.79 Å². The first-order valence-corrected chi connectivity index (χ1v) is 8.52. The molecule has 0 fully saturated rings. The summed E-state index contributed by atoms with van der Waals surface area (Å²) in [5.41, 5.74) is 2.88. The molecule has 0 spiro atoms. The molecule has 0 amide bonds. The first kappa shape index (κ1) is 17.1. The van der Waals surface area contributed by atoms with Gasteiger partial charge in [-0.1, -0.05) is 12.1 Å². The molecule has 27 heavy (non-hydrogen) atoms. The van der Waals surface area contributed by atoms with Crippen LogP contribution in [0.4, 0.5) is 0 Å². The molecule has 7 nitrogen and oxygen atoms in total. The van der Waals surface area contributed by atoms with Gasteiger partial charge in [0.05, 0.1) is 19.7 Å². The van der Waals surface area contributed by atoms with Gasteiger partial charge in [-0.2, -0.15) is 0 Å². The van der Waals surface area contributed by atoms with E-state index in [2.05, 4.69) is 15.0 Å². The van der Waals surface area contributed by atoms with Crippen LogP contribution in [0.5, 0.6) is 11.5 Å². The number of hydrogen-bond donors (Lipinski definition) is 3. The summed E-state index contributed by atoms with van der Waals surface area (Å²) in [6.07, 6.45) is 0.564. The summed E-state index contributed by atoms with van der Waals surface area (Å²) in [4.78, 5) is 23.4. The largest absolute Gasteiger partial charge is 0.497 e.